The van der Waals surface area contributed by atoms with Gasteiger partial charge >= 0.3 is 0 Å². The third kappa shape index (κ3) is 4.49. The fraction of sp³-hybridized carbons (Fsp3) is 0.111. The zero-order valence-electron chi connectivity index (χ0n) is 13.9. The predicted octanol–water partition coefficient (Wildman–Crippen LogP) is 5.26. The van der Waals surface area contributed by atoms with Crippen molar-refractivity contribution in [1.82, 2.24) is 15.2 Å². The number of hydrogen-bond donors (Lipinski definition) is 1. The first-order valence-corrected chi connectivity index (χ1v) is 10.7. The molecule has 3 aromatic heterocycles. The molecule has 0 unspecified atom stereocenters. The van der Waals surface area contributed by atoms with Crippen LogP contribution < -0.4 is 5.32 Å². The average Bonchev–Trinajstić information content (AvgIpc) is 3.41. The Morgan fingerprint density at radius 3 is 2.93 bits per heavy atom. The highest BCUT2D eigenvalue weighted by Crippen LogP contribution is 2.27. The minimum atomic E-state index is -0.138. The van der Waals surface area contributed by atoms with E-state index in [0.717, 1.165) is 21.3 Å². The summed E-state index contributed by atoms with van der Waals surface area (Å²) < 4.78 is 6.57. The van der Waals surface area contributed by atoms with E-state index in [2.05, 4.69) is 36.4 Å². The van der Waals surface area contributed by atoms with Gasteiger partial charge in [-0.2, -0.15) is 11.3 Å². The van der Waals surface area contributed by atoms with Crippen LogP contribution in [0.4, 0.5) is 5.13 Å². The Bertz CT molecular complexity index is 1060. The highest BCUT2D eigenvalue weighted by atomic mass is 79.9. The molecule has 3 heterocycles. The second-order valence-electron chi connectivity index (χ2n) is 5.61. The minimum absolute atomic E-state index is 0.138. The zero-order valence-corrected chi connectivity index (χ0v) is 17.1. The standard InChI is InChI=1S/C18H13BrN4O2S2/c19-13-3-1-2-11(8-13)14-10-27-18(20-14)21-15(24)4-5-16-22-23-17(25-16)12-6-7-26-9-12/h1-3,6-10H,4-5H2,(H,20,21,24). The van der Waals surface area contributed by atoms with E-state index in [9.17, 15) is 4.79 Å². The Hall–Kier alpha value is -2.36. The Balaban J connectivity index is 1.33. The fourth-order valence-corrected chi connectivity index (χ4v) is 4.14. The van der Waals surface area contributed by atoms with Crippen LogP contribution in [0, 0.1) is 0 Å². The molecule has 0 aliphatic rings. The van der Waals surface area contributed by atoms with Crippen LogP contribution in [0.1, 0.15) is 12.3 Å². The van der Waals surface area contributed by atoms with Gasteiger partial charge in [0.1, 0.15) is 0 Å². The van der Waals surface area contributed by atoms with Gasteiger partial charge in [0.25, 0.3) is 0 Å². The summed E-state index contributed by atoms with van der Waals surface area (Å²) in [5.74, 6) is 0.783. The maximum absolute atomic E-state index is 12.2. The number of anilines is 1. The lowest BCUT2D eigenvalue weighted by molar-refractivity contribution is -0.116. The van der Waals surface area contributed by atoms with Crippen LogP contribution in [0.25, 0.3) is 22.7 Å². The van der Waals surface area contributed by atoms with Crippen LogP contribution in [0.2, 0.25) is 0 Å². The number of benzene rings is 1. The molecule has 27 heavy (non-hydrogen) atoms. The molecule has 0 spiro atoms. The average molecular weight is 461 g/mol. The van der Waals surface area contributed by atoms with Gasteiger partial charge in [-0.05, 0) is 23.6 Å². The third-order valence-corrected chi connectivity index (χ3v) is 5.61. The van der Waals surface area contributed by atoms with Crippen LogP contribution in [-0.4, -0.2) is 21.1 Å². The largest absolute Gasteiger partial charge is 0.421 e. The monoisotopic (exact) mass is 460 g/mol. The van der Waals surface area contributed by atoms with E-state index in [-0.39, 0.29) is 12.3 Å². The molecule has 6 nitrogen and oxygen atoms in total. The lowest BCUT2D eigenvalue weighted by Crippen LogP contribution is -2.12. The second-order valence-corrected chi connectivity index (χ2v) is 8.16. The molecule has 0 bridgehead atoms. The molecule has 4 aromatic rings. The summed E-state index contributed by atoms with van der Waals surface area (Å²) in [5.41, 5.74) is 2.72. The van der Waals surface area contributed by atoms with Crippen molar-refractivity contribution in [2.45, 2.75) is 12.8 Å². The summed E-state index contributed by atoms with van der Waals surface area (Å²) in [6.07, 6.45) is 0.629. The van der Waals surface area contributed by atoms with E-state index in [1.165, 1.54) is 11.3 Å². The molecule has 0 saturated heterocycles. The normalized spacial score (nSPS) is 10.9. The van der Waals surface area contributed by atoms with E-state index in [1.807, 2.05) is 46.5 Å². The van der Waals surface area contributed by atoms with Crippen molar-refractivity contribution >= 4 is 49.6 Å². The van der Waals surface area contributed by atoms with Gasteiger partial charge in [0.05, 0.1) is 5.69 Å². The van der Waals surface area contributed by atoms with Crippen LogP contribution in [0.5, 0.6) is 0 Å². The number of thiazole rings is 1. The summed E-state index contributed by atoms with van der Waals surface area (Å²) in [5, 5.41) is 17.2. The number of rotatable bonds is 6. The summed E-state index contributed by atoms with van der Waals surface area (Å²) in [6.45, 7) is 0. The number of thiophene rings is 1. The molecule has 136 valence electrons. The van der Waals surface area contributed by atoms with Gasteiger partial charge in [0.15, 0.2) is 5.13 Å². The van der Waals surface area contributed by atoms with Gasteiger partial charge in [-0.1, -0.05) is 28.1 Å². The zero-order chi connectivity index (χ0) is 18.6. The summed E-state index contributed by atoms with van der Waals surface area (Å²) in [6, 6.07) is 9.79. The molecule has 0 saturated carbocycles. The number of carbonyl (C=O) groups is 1. The Labute approximate surface area is 171 Å². The number of nitrogens with zero attached hydrogens (tertiary/aromatic N) is 3. The van der Waals surface area contributed by atoms with Gasteiger partial charge in [-0.25, -0.2) is 4.98 Å². The number of nitrogens with one attached hydrogen (secondary N) is 1. The smallest absolute Gasteiger partial charge is 0.248 e. The predicted molar refractivity (Wildman–Crippen MR) is 110 cm³/mol. The number of amides is 1. The maximum atomic E-state index is 12.2. The van der Waals surface area contributed by atoms with Crippen molar-refractivity contribution in [2.75, 3.05) is 5.32 Å². The van der Waals surface area contributed by atoms with Crippen molar-refractivity contribution in [1.29, 1.82) is 0 Å². The second kappa shape index (κ2) is 8.12. The topological polar surface area (TPSA) is 80.9 Å². The van der Waals surface area contributed by atoms with E-state index in [1.54, 1.807) is 11.3 Å². The van der Waals surface area contributed by atoms with E-state index in [4.69, 9.17) is 4.42 Å². The molecule has 0 fully saturated rings. The summed E-state index contributed by atoms with van der Waals surface area (Å²) >= 11 is 6.41. The molecule has 4 rings (SSSR count). The van der Waals surface area contributed by atoms with Gasteiger partial charge in [0.2, 0.25) is 17.7 Å². The molecule has 1 amide bonds. The third-order valence-electron chi connectivity index (χ3n) is 3.67. The number of halogens is 1. The van der Waals surface area contributed by atoms with Crippen molar-refractivity contribution < 1.29 is 9.21 Å². The molecule has 1 N–H and O–H groups in total. The van der Waals surface area contributed by atoms with Gasteiger partial charge in [-0.15, -0.1) is 21.5 Å². The van der Waals surface area contributed by atoms with Crippen molar-refractivity contribution in [3.05, 3.63) is 56.8 Å². The van der Waals surface area contributed by atoms with Crippen molar-refractivity contribution in [2.24, 2.45) is 0 Å². The van der Waals surface area contributed by atoms with Gasteiger partial charge in [-0.3, -0.25) is 4.79 Å². The maximum Gasteiger partial charge on any atom is 0.248 e. The lowest BCUT2D eigenvalue weighted by Gasteiger charge is -2.00. The number of hydrogen-bond acceptors (Lipinski definition) is 7. The lowest BCUT2D eigenvalue weighted by atomic mass is 10.2. The summed E-state index contributed by atoms with van der Waals surface area (Å²) in [4.78, 5) is 16.7. The van der Waals surface area contributed by atoms with E-state index in [0.29, 0.717) is 23.3 Å². The van der Waals surface area contributed by atoms with E-state index < -0.39 is 0 Å². The first kappa shape index (κ1) is 18.0. The molecular weight excluding hydrogens is 448 g/mol. The molecule has 1 aromatic carbocycles. The Morgan fingerprint density at radius 1 is 1.19 bits per heavy atom. The fourth-order valence-electron chi connectivity index (χ4n) is 2.37. The molecule has 0 radical (unpaired) electrons. The molecule has 0 aliphatic heterocycles. The number of carbonyl (C=O) groups excluding carboxylic acids is 1. The number of aromatic nitrogens is 3. The molecular formula is C18H13BrN4O2S2. The highest BCUT2D eigenvalue weighted by molar-refractivity contribution is 9.10. The Kier molecular flexibility index (Phi) is 5.42. The van der Waals surface area contributed by atoms with Crippen LogP contribution in [-0.2, 0) is 11.2 Å². The number of aryl methyl sites for hydroxylation is 1. The Morgan fingerprint density at radius 2 is 2.11 bits per heavy atom. The van der Waals surface area contributed by atoms with E-state index >= 15 is 0 Å². The summed E-state index contributed by atoms with van der Waals surface area (Å²) in [7, 11) is 0. The van der Waals surface area contributed by atoms with Crippen LogP contribution in [0.15, 0.2) is 55.4 Å². The molecule has 0 atom stereocenters. The quantitative estimate of drug-likeness (QED) is 0.424. The highest BCUT2D eigenvalue weighted by Gasteiger charge is 2.12. The van der Waals surface area contributed by atoms with Gasteiger partial charge in [0, 0.05) is 39.2 Å². The van der Waals surface area contributed by atoms with Crippen molar-refractivity contribution in [3.8, 4) is 22.7 Å². The SMILES string of the molecule is O=C(CCc1nnc(-c2ccsc2)o1)Nc1nc(-c2cccc(Br)c2)cs1. The van der Waals surface area contributed by atoms with Gasteiger partial charge < -0.3 is 9.73 Å². The van der Waals surface area contributed by atoms with Crippen LogP contribution >= 0.6 is 38.6 Å². The first-order valence-electron chi connectivity index (χ1n) is 8.03. The van der Waals surface area contributed by atoms with Crippen molar-refractivity contribution in [3.63, 3.8) is 0 Å². The van der Waals surface area contributed by atoms with Crippen LogP contribution in [0.3, 0.4) is 0 Å². The molecule has 9 heteroatoms. The first-order chi connectivity index (χ1) is 13.2. The minimum Gasteiger partial charge on any atom is -0.421 e. The molecule has 0 aliphatic carbocycles.